The van der Waals surface area contributed by atoms with Crippen LogP contribution in [0.5, 0.6) is 0 Å². The van der Waals surface area contributed by atoms with Crippen LogP contribution in [-0.4, -0.2) is 21.4 Å². The SMILES string of the molecule is C/C(=N\NC(=O)c1nn(C)c(=O)c2ccccc12)c1ccc2c(c1)Nc1ccccc1S2. The summed E-state index contributed by atoms with van der Waals surface area (Å²) in [6.45, 7) is 1.83. The van der Waals surface area contributed by atoms with Crippen molar-refractivity contribution in [1.82, 2.24) is 15.2 Å². The molecular formula is C24H19N5O2S. The molecular weight excluding hydrogens is 422 g/mol. The highest BCUT2D eigenvalue weighted by atomic mass is 32.2. The number of aryl methyl sites for hydroxylation is 1. The van der Waals surface area contributed by atoms with Gasteiger partial charge in [0.25, 0.3) is 11.5 Å². The molecule has 2 heterocycles. The lowest BCUT2D eigenvalue weighted by atomic mass is 10.1. The van der Waals surface area contributed by atoms with E-state index in [0.717, 1.165) is 21.8 Å². The number of benzene rings is 3. The average molecular weight is 442 g/mol. The number of hydrazone groups is 1. The van der Waals surface area contributed by atoms with Gasteiger partial charge in [-0.25, -0.2) is 10.1 Å². The number of nitrogens with one attached hydrogen (secondary N) is 2. The maximum atomic E-state index is 12.8. The molecule has 32 heavy (non-hydrogen) atoms. The molecule has 1 aromatic heterocycles. The maximum Gasteiger partial charge on any atom is 0.292 e. The van der Waals surface area contributed by atoms with Crippen LogP contribution in [0.4, 0.5) is 11.4 Å². The van der Waals surface area contributed by atoms with Crippen LogP contribution in [0, 0.1) is 0 Å². The molecule has 0 radical (unpaired) electrons. The van der Waals surface area contributed by atoms with Gasteiger partial charge in [-0.1, -0.05) is 48.2 Å². The maximum absolute atomic E-state index is 12.8. The third kappa shape index (κ3) is 3.54. The molecule has 7 nitrogen and oxygen atoms in total. The molecule has 8 heteroatoms. The molecule has 1 aliphatic rings. The Bertz CT molecular complexity index is 1480. The van der Waals surface area contributed by atoms with Crippen molar-refractivity contribution in [1.29, 1.82) is 0 Å². The molecule has 5 rings (SSSR count). The Balaban J connectivity index is 1.41. The van der Waals surface area contributed by atoms with Crippen molar-refractivity contribution >= 4 is 45.5 Å². The van der Waals surface area contributed by atoms with E-state index >= 15 is 0 Å². The van der Waals surface area contributed by atoms with Crippen LogP contribution in [0.2, 0.25) is 0 Å². The van der Waals surface area contributed by atoms with Crippen molar-refractivity contribution in [2.24, 2.45) is 12.1 Å². The van der Waals surface area contributed by atoms with E-state index in [1.54, 1.807) is 36.0 Å². The number of hydrogen-bond donors (Lipinski definition) is 2. The predicted molar refractivity (Wildman–Crippen MR) is 127 cm³/mol. The minimum absolute atomic E-state index is 0.152. The highest BCUT2D eigenvalue weighted by molar-refractivity contribution is 7.99. The molecule has 3 aromatic carbocycles. The Morgan fingerprint density at radius 1 is 1.00 bits per heavy atom. The fraction of sp³-hybridized carbons (Fsp3) is 0.0833. The second-order valence-corrected chi connectivity index (χ2v) is 8.48. The first-order valence-corrected chi connectivity index (χ1v) is 10.8. The largest absolute Gasteiger partial charge is 0.354 e. The number of aromatic nitrogens is 2. The van der Waals surface area contributed by atoms with Crippen LogP contribution in [0.1, 0.15) is 23.0 Å². The van der Waals surface area contributed by atoms with Gasteiger partial charge < -0.3 is 5.32 Å². The molecule has 0 saturated carbocycles. The first kappa shape index (κ1) is 20.0. The molecule has 0 spiro atoms. The second-order valence-electron chi connectivity index (χ2n) is 7.40. The molecule has 1 aliphatic heterocycles. The third-order valence-electron chi connectivity index (χ3n) is 5.27. The molecule has 1 amide bonds. The van der Waals surface area contributed by atoms with Gasteiger partial charge in [0.1, 0.15) is 0 Å². The zero-order valence-corrected chi connectivity index (χ0v) is 18.2. The zero-order valence-electron chi connectivity index (χ0n) is 17.4. The fourth-order valence-corrected chi connectivity index (χ4v) is 4.55. The Kier molecular flexibility index (Phi) is 4.99. The van der Waals surface area contributed by atoms with Crippen molar-refractivity contribution in [2.75, 3.05) is 5.32 Å². The van der Waals surface area contributed by atoms with E-state index in [2.05, 4.69) is 27.0 Å². The predicted octanol–water partition coefficient (Wildman–Crippen LogP) is 4.30. The van der Waals surface area contributed by atoms with E-state index < -0.39 is 5.91 Å². The van der Waals surface area contributed by atoms with Crippen LogP contribution in [-0.2, 0) is 7.05 Å². The number of hydrogen-bond acceptors (Lipinski definition) is 6. The van der Waals surface area contributed by atoms with Gasteiger partial charge in [-0.2, -0.15) is 10.2 Å². The minimum Gasteiger partial charge on any atom is -0.354 e. The number of carbonyl (C=O) groups excluding carboxylic acids is 1. The van der Waals surface area contributed by atoms with Gasteiger partial charge in [0.15, 0.2) is 5.69 Å². The summed E-state index contributed by atoms with van der Waals surface area (Å²) >= 11 is 1.71. The van der Waals surface area contributed by atoms with E-state index in [9.17, 15) is 9.59 Å². The zero-order chi connectivity index (χ0) is 22.2. The summed E-state index contributed by atoms with van der Waals surface area (Å²) in [5, 5.41) is 12.8. The molecule has 158 valence electrons. The Morgan fingerprint density at radius 2 is 1.72 bits per heavy atom. The lowest BCUT2D eigenvalue weighted by Gasteiger charge is -2.21. The van der Waals surface area contributed by atoms with Crippen molar-refractivity contribution < 1.29 is 4.79 Å². The average Bonchev–Trinajstić information content (AvgIpc) is 2.82. The summed E-state index contributed by atoms with van der Waals surface area (Å²) in [6.07, 6.45) is 0. The smallest absolute Gasteiger partial charge is 0.292 e. The molecule has 4 aromatic rings. The Morgan fingerprint density at radius 3 is 2.56 bits per heavy atom. The molecule has 0 unspecified atom stereocenters. The lowest BCUT2D eigenvalue weighted by Crippen LogP contribution is -2.27. The van der Waals surface area contributed by atoms with Gasteiger partial charge >= 0.3 is 0 Å². The number of para-hydroxylation sites is 1. The number of fused-ring (bicyclic) bond motifs is 3. The standard InChI is InChI=1S/C24H19N5O2S/c1-14(15-11-12-21-19(13-15)25-18-9-5-6-10-20(18)32-21)26-27-23(30)22-16-7-3-4-8-17(16)24(31)29(2)28-22/h3-13,25H,1-2H3,(H,27,30)/b26-14+. The van der Waals surface area contributed by atoms with Crippen molar-refractivity contribution in [3.8, 4) is 0 Å². The van der Waals surface area contributed by atoms with Crippen LogP contribution < -0.4 is 16.3 Å². The molecule has 0 saturated heterocycles. The molecule has 0 bridgehead atoms. The first-order chi connectivity index (χ1) is 15.5. The van der Waals surface area contributed by atoms with Gasteiger partial charge in [-0.05, 0) is 42.8 Å². The normalized spacial score (nSPS) is 12.6. The molecule has 0 fully saturated rings. The third-order valence-corrected chi connectivity index (χ3v) is 6.42. The monoisotopic (exact) mass is 441 g/mol. The van der Waals surface area contributed by atoms with Crippen molar-refractivity contribution in [3.63, 3.8) is 0 Å². The van der Waals surface area contributed by atoms with Crippen LogP contribution in [0.25, 0.3) is 10.8 Å². The Hall–Kier alpha value is -3.91. The van der Waals surface area contributed by atoms with Gasteiger partial charge in [0, 0.05) is 22.2 Å². The van der Waals surface area contributed by atoms with E-state index in [1.807, 2.05) is 43.3 Å². The van der Waals surface area contributed by atoms with Crippen molar-refractivity contribution in [2.45, 2.75) is 16.7 Å². The molecule has 0 atom stereocenters. The van der Waals surface area contributed by atoms with E-state index in [-0.39, 0.29) is 11.3 Å². The van der Waals surface area contributed by atoms with Crippen molar-refractivity contribution in [3.05, 3.63) is 88.3 Å². The summed E-state index contributed by atoms with van der Waals surface area (Å²) < 4.78 is 1.17. The first-order valence-electron chi connectivity index (χ1n) is 10.0. The second kappa shape index (κ2) is 7.97. The number of rotatable bonds is 3. The van der Waals surface area contributed by atoms with Gasteiger partial charge in [0.2, 0.25) is 0 Å². The van der Waals surface area contributed by atoms with E-state index in [0.29, 0.717) is 16.5 Å². The minimum atomic E-state index is -0.475. The summed E-state index contributed by atoms with van der Waals surface area (Å²) in [6, 6.07) is 21.1. The molecule has 0 aliphatic carbocycles. The number of amides is 1. The summed E-state index contributed by atoms with van der Waals surface area (Å²) in [7, 11) is 1.52. The topological polar surface area (TPSA) is 88.4 Å². The number of carbonyl (C=O) groups is 1. The van der Waals surface area contributed by atoms with E-state index in [1.165, 1.54) is 16.6 Å². The highest BCUT2D eigenvalue weighted by Gasteiger charge is 2.17. The summed E-state index contributed by atoms with van der Waals surface area (Å²) in [5.74, 6) is -0.475. The fourth-order valence-electron chi connectivity index (χ4n) is 3.58. The van der Waals surface area contributed by atoms with Crippen LogP contribution >= 0.6 is 11.8 Å². The van der Waals surface area contributed by atoms with Crippen LogP contribution in [0.15, 0.2) is 86.4 Å². The number of nitrogens with zero attached hydrogens (tertiary/aromatic N) is 3. The van der Waals surface area contributed by atoms with Gasteiger partial charge in [0.05, 0.1) is 22.5 Å². The number of anilines is 2. The quantitative estimate of drug-likeness (QED) is 0.322. The van der Waals surface area contributed by atoms with E-state index in [4.69, 9.17) is 0 Å². The Labute approximate surface area is 188 Å². The summed E-state index contributed by atoms with van der Waals surface area (Å²) in [5.41, 5.74) is 6.08. The lowest BCUT2D eigenvalue weighted by molar-refractivity contribution is 0.0949. The summed E-state index contributed by atoms with van der Waals surface area (Å²) in [4.78, 5) is 27.4. The van der Waals surface area contributed by atoms with Crippen LogP contribution in [0.3, 0.4) is 0 Å². The van der Waals surface area contributed by atoms with Gasteiger partial charge in [-0.3, -0.25) is 9.59 Å². The molecule has 2 N–H and O–H groups in total. The van der Waals surface area contributed by atoms with Gasteiger partial charge in [-0.15, -0.1) is 0 Å². The highest BCUT2D eigenvalue weighted by Crippen LogP contribution is 2.44.